The third-order valence-corrected chi connectivity index (χ3v) is 8.86. The number of ketones is 1. The van der Waals surface area contributed by atoms with Crippen LogP contribution in [0.1, 0.15) is 82.8 Å². The van der Waals surface area contributed by atoms with Gasteiger partial charge in [0.15, 0.2) is 0 Å². The van der Waals surface area contributed by atoms with Crippen molar-refractivity contribution in [1.29, 1.82) is 0 Å². The Morgan fingerprint density at radius 3 is 2.42 bits per heavy atom. The molecule has 1 aromatic heterocycles. The molecule has 0 radical (unpaired) electrons. The number of H-pyrrole nitrogens is 1. The maximum absolute atomic E-state index is 12.7. The number of nitrogens with one attached hydrogen (secondary N) is 1. The van der Waals surface area contributed by atoms with E-state index >= 15 is 0 Å². The van der Waals surface area contributed by atoms with Crippen LogP contribution in [0.4, 0.5) is 13.2 Å². The summed E-state index contributed by atoms with van der Waals surface area (Å²) in [6, 6.07) is 9.05. The molecule has 2 N–H and O–H groups in total. The molecule has 0 aliphatic heterocycles. The number of aliphatic hydroxyl groups excluding tert-OH is 1. The van der Waals surface area contributed by atoms with Gasteiger partial charge in [-0.1, -0.05) is 20.3 Å². The number of aliphatic hydroxyl groups is 1. The predicted molar refractivity (Wildman–Crippen MR) is 186 cm³/mol. The fourth-order valence-electron chi connectivity index (χ4n) is 4.85. The second kappa shape index (κ2) is 26.6. The van der Waals surface area contributed by atoms with Gasteiger partial charge in [0.2, 0.25) is 0 Å². The van der Waals surface area contributed by atoms with Crippen molar-refractivity contribution in [2.24, 2.45) is 11.3 Å². The van der Waals surface area contributed by atoms with Gasteiger partial charge in [-0.25, -0.2) is 0 Å². The maximum atomic E-state index is 12.7. The molecule has 52 heavy (non-hydrogen) atoms. The van der Waals surface area contributed by atoms with Gasteiger partial charge in [-0.15, -0.1) is 0 Å². The van der Waals surface area contributed by atoms with E-state index < -0.39 is 11.7 Å². The van der Waals surface area contributed by atoms with Crippen molar-refractivity contribution in [1.82, 2.24) is 9.97 Å². The van der Waals surface area contributed by atoms with Crippen LogP contribution >= 0.6 is 0 Å². The van der Waals surface area contributed by atoms with Gasteiger partial charge >= 0.3 is 336 Å². The van der Waals surface area contributed by atoms with E-state index in [9.17, 15) is 23.1 Å². The number of allylic oxidation sites excluding steroid dienone is 7. The number of ether oxygens (including phenoxy) is 1. The first kappa shape index (κ1) is 52.9. The zero-order valence-electron chi connectivity index (χ0n) is 31.4. The molecule has 0 spiro atoms. The molecule has 0 saturated heterocycles. The number of hydrogen-bond acceptors (Lipinski definition) is 5. The Labute approximate surface area is 381 Å². The van der Waals surface area contributed by atoms with Crippen molar-refractivity contribution >= 4 is 16.5 Å². The Morgan fingerprint density at radius 1 is 1.31 bits per heavy atom. The van der Waals surface area contributed by atoms with E-state index in [1.54, 1.807) is 26.7 Å². The molecule has 0 fully saturated rings. The van der Waals surface area contributed by atoms with Crippen LogP contribution in [0.2, 0.25) is 0 Å². The fraction of sp³-hybridized carbons (Fsp3) is 0.400. The number of carbonyl (C=O) groups is 1. The number of alkyl halides is 3. The van der Waals surface area contributed by atoms with E-state index in [1.165, 1.54) is 13.6 Å². The van der Waals surface area contributed by atoms with Gasteiger partial charge in [0.1, 0.15) is 0 Å². The zero-order valence-corrected chi connectivity index (χ0v) is 39.6. The van der Waals surface area contributed by atoms with Crippen LogP contribution in [-0.4, -0.2) is 44.8 Å². The molecular formula is C40H44F3KN2NbO4Y-5. The van der Waals surface area contributed by atoms with E-state index in [2.05, 4.69) is 52.9 Å². The number of benzene rings is 1. The molecule has 1 aromatic carbocycles. The molecule has 0 bridgehead atoms. The zero-order chi connectivity index (χ0) is 38.1. The largest absolute Gasteiger partial charge is 1.00 e. The van der Waals surface area contributed by atoms with Gasteiger partial charge in [-0.05, 0) is 0 Å². The monoisotopic (exact) mass is 894 g/mol. The number of carbonyl (C=O) groups excluding carboxylic acids is 2. The van der Waals surface area contributed by atoms with Crippen LogP contribution in [0.15, 0.2) is 58.2 Å². The quantitative estimate of drug-likeness (QED) is 0.157. The first-order chi connectivity index (χ1) is 23.4. The minimum atomic E-state index is -4.38. The number of nitrogens with zero attached hydrogens (tertiary/aromatic N) is 1. The van der Waals surface area contributed by atoms with Crippen molar-refractivity contribution in [3.8, 4) is 13.8 Å². The van der Waals surface area contributed by atoms with E-state index in [0.29, 0.717) is 24.4 Å². The summed E-state index contributed by atoms with van der Waals surface area (Å²) >= 11 is 1.82. The van der Waals surface area contributed by atoms with Gasteiger partial charge in [0, 0.05) is 7.11 Å². The number of aromatic nitrogens is 2. The standard InChI is InChI=1S/C33H37N2O2.C4HF3.C2H3O2.CH3.K.Nb.Y/c1-22(2)31(37)33(6,7)20-12-17-26(15-10-14-23(3)27-16-11-18-28(36)21-27)32-34-25(5)30(35-32)29-19-9-8-13-24(29)4;1-3(2)4(5,6)7;1-4-2-3;;;;/h3,9,13,19,21-22,26,36H,11-12,17-18,20H2,1-2,4-7H3,(H,34,35);1H;1H3;1H3;;;/q-3;3*-1;+1;;. The number of aryl methyl sites for hydroxylation is 2. The molecule has 1 unspecified atom stereocenters. The van der Waals surface area contributed by atoms with Crippen LogP contribution in [0.25, 0.3) is 11.3 Å². The minimum Gasteiger partial charge on any atom is -0.358 e. The van der Waals surface area contributed by atoms with E-state index in [4.69, 9.17) is 9.78 Å². The number of imidazole rings is 1. The SMILES string of the molecule is CO[C-]=O.Cc1c[c-]ccc1-c1nc(C([C-]=C=C=C([CH]=[Nb])C2=[C-]CCC(O)=C2)CCCC(C)(C)C(=O)C(C)C)[nH]c1C.[CH-]=C([C]#[Y])C(F)(F)F.[CH3-].[K+]. The van der Waals surface area contributed by atoms with Crippen molar-refractivity contribution < 1.29 is 135 Å². The van der Waals surface area contributed by atoms with Crippen LogP contribution < -0.4 is 51.4 Å². The number of rotatable bonds is 12. The molecule has 3 rings (SSSR count). The molecule has 6 nitrogen and oxygen atoms in total. The predicted octanol–water partition coefficient (Wildman–Crippen LogP) is 5.92. The summed E-state index contributed by atoms with van der Waals surface area (Å²) in [5.74, 6) is 1.38. The molecule has 1 heterocycles. The van der Waals surface area contributed by atoms with Gasteiger partial charge < -0.3 is 17.0 Å². The smallest absolute Gasteiger partial charge is 0.358 e. The first-order valence-corrected chi connectivity index (χ1v) is 18.4. The second-order valence-corrected chi connectivity index (χ2v) is 13.5. The van der Waals surface area contributed by atoms with Crippen LogP contribution in [0.3, 0.4) is 0 Å². The molecule has 2 aromatic rings. The molecule has 0 amide bonds. The van der Waals surface area contributed by atoms with Gasteiger partial charge in [0.25, 0.3) is 0 Å². The minimum absolute atomic E-state index is 0. The molecule has 1 aliphatic rings. The van der Waals surface area contributed by atoms with Crippen LogP contribution in [0.5, 0.6) is 0 Å². The number of Topliss-reactive ketones (excluding diaryl/α,β-unsaturated/α-hetero) is 1. The molecule has 273 valence electrons. The first-order valence-electron chi connectivity index (χ1n) is 15.7. The number of hydrogen-bond donors (Lipinski definition) is 2. The van der Waals surface area contributed by atoms with Gasteiger partial charge in [-0.2, -0.15) is 6.07 Å². The Hall–Kier alpha value is -1.19. The third kappa shape index (κ3) is 18.4. The Kier molecular flexibility index (Phi) is 27.1. The summed E-state index contributed by atoms with van der Waals surface area (Å²) in [5.41, 5.74) is 10.7. The summed E-state index contributed by atoms with van der Waals surface area (Å²) in [5, 5.41) is 9.94. The van der Waals surface area contributed by atoms with Crippen LogP contribution in [-0.2, 0) is 65.2 Å². The second-order valence-electron chi connectivity index (χ2n) is 12.2. The molecule has 0 saturated carbocycles. The average molecular weight is 895 g/mol. The molecule has 12 heteroatoms. The van der Waals surface area contributed by atoms with Crippen molar-refractivity contribution in [2.45, 2.75) is 85.7 Å². The van der Waals surface area contributed by atoms with Crippen molar-refractivity contribution in [3.63, 3.8) is 0 Å². The summed E-state index contributed by atoms with van der Waals surface area (Å²) in [7, 11) is 1.26. The molecule has 1 aliphatic carbocycles. The number of halogens is 3. The maximum Gasteiger partial charge on any atom is 1.00 e. The number of aromatic amines is 1. The normalized spacial score (nSPS) is 12.4. The third-order valence-electron chi connectivity index (χ3n) is 7.46. The molecular weight excluding hydrogens is 850 g/mol. The van der Waals surface area contributed by atoms with E-state index in [0.717, 1.165) is 58.7 Å². The topological polar surface area (TPSA) is 92.3 Å². The average Bonchev–Trinajstić information content (AvgIpc) is 3.45. The Bertz CT molecular complexity index is 1720. The fourth-order valence-corrected chi connectivity index (χ4v) is 5.75. The number of methoxy groups -OCH3 is 1. The molecule has 1 atom stereocenters. The van der Waals surface area contributed by atoms with Crippen molar-refractivity contribution in [3.05, 3.63) is 108 Å². The summed E-state index contributed by atoms with van der Waals surface area (Å²) in [6.45, 7) is 17.8. The van der Waals surface area contributed by atoms with E-state index in [-0.39, 0.29) is 106 Å². The van der Waals surface area contributed by atoms with E-state index in [1.807, 2.05) is 59.6 Å². The summed E-state index contributed by atoms with van der Waals surface area (Å²) in [4.78, 5) is 30.0. The summed E-state index contributed by atoms with van der Waals surface area (Å²) < 4.78 is 41.4. The van der Waals surface area contributed by atoms with Gasteiger partial charge in [0.05, 0.1) is 0 Å². The Morgan fingerprint density at radius 2 is 1.94 bits per heavy atom. The van der Waals surface area contributed by atoms with Crippen molar-refractivity contribution in [2.75, 3.05) is 7.11 Å². The Balaban J connectivity index is 0. The van der Waals surface area contributed by atoms with Crippen LogP contribution in [0, 0.1) is 60.0 Å². The van der Waals surface area contributed by atoms with Gasteiger partial charge in [-0.3, -0.25) is 0 Å². The summed E-state index contributed by atoms with van der Waals surface area (Å²) in [6.07, 6.45) is 7.81.